The van der Waals surface area contributed by atoms with Crippen LogP contribution in [-0.2, 0) is 6.18 Å². The van der Waals surface area contributed by atoms with E-state index >= 15 is 0 Å². The van der Waals surface area contributed by atoms with E-state index in [1.807, 2.05) is 0 Å². The Morgan fingerprint density at radius 3 is 2.37 bits per heavy atom. The molecule has 0 aliphatic heterocycles. The van der Waals surface area contributed by atoms with Gasteiger partial charge in [0, 0.05) is 5.69 Å². The number of alkyl halides is 3. The molecule has 7 heteroatoms. The fourth-order valence-corrected chi connectivity index (χ4v) is 1.34. The van der Waals surface area contributed by atoms with Gasteiger partial charge in [-0.15, -0.1) is 0 Å². The maximum absolute atomic E-state index is 12.4. The third kappa shape index (κ3) is 3.27. The number of anilines is 2. The molecule has 0 aliphatic rings. The van der Waals surface area contributed by atoms with Gasteiger partial charge in [-0.05, 0) is 30.3 Å². The smallest absolute Gasteiger partial charge is 0.324 e. The minimum atomic E-state index is -4.35. The summed E-state index contributed by atoms with van der Waals surface area (Å²) in [6.07, 6.45) is -1.61. The normalized spacial score (nSPS) is 11.1. The summed E-state index contributed by atoms with van der Waals surface area (Å²) < 4.78 is 37.1. The summed E-state index contributed by atoms with van der Waals surface area (Å²) in [5.74, 6) is 0.620. The fraction of sp³-hybridized carbons (Fsp3) is 0.0833. The molecular formula is C12H9F3N4. The van der Waals surface area contributed by atoms with Crippen molar-refractivity contribution in [2.24, 2.45) is 0 Å². The highest BCUT2D eigenvalue weighted by Crippen LogP contribution is 2.30. The number of nitrogens with zero attached hydrogens (tertiary/aromatic N) is 3. The van der Waals surface area contributed by atoms with Crippen molar-refractivity contribution >= 4 is 17.7 Å². The van der Waals surface area contributed by atoms with Crippen LogP contribution in [0.1, 0.15) is 11.4 Å². The van der Waals surface area contributed by atoms with Crippen molar-refractivity contribution in [2.75, 3.05) is 5.32 Å². The van der Waals surface area contributed by atoms with Crippen LogP contribution in [0.2, 0.25) is 0 Å². The van der Waals surface area contributed by atoms with Gasteiger partial charge in [-0.1, -0.05) is 6.58 Å². The van der Waals surface area contributed by atoms with E-state index in [-0.39, 0.29) is 5.95 Å². The van der Waals surface area contributed by atoms with E-state index in [2.05, 4.69) is 26.8 Å². The summed E-state index contributed by atoms with van der Waals surface area (Å²) in [6, 6.07) is 4.58. The second-order valence-electron chi connectivity index (χ2n) is 3.57. The van der Waals surface area contributed by atoms with E-state index in [0.29, 0.717) is 11.5 Å². The minimum Gasteiger partial charge on any atom is -0.324 e. The van der Waals surface area contributed by atoms with Gasteiger partial charge in [-0.2, -0.15) is 18.2 Å². The zero-order chi connectivity index (χ0) is 13.9. The lowest BCUT2D eigenvalue weighted by atomic mass is 10.2. The summed E-state index contributed by atoms with van der Waals surface area (Å²) in [6.45, 7) is 3.51. The molecule has 0 fully saturated rings. The molecule has 0 atom stereocenters. The Morgan fingerprint density at radius 1 is 1.11 bits per heavy atom. The molecule has 1 N–H and O–H groups in total. The predicted octanol–water partition coefficient (Wildman–Crippen LogP) is 3.28. The van der Waals surface area contributed by atoms with Gasteiger partial charge in [0.15, 0.2) is 5.82 Å². The lowest BCUT2D eigenvalue weighted by molar-refractivity contribution is -0.137. The average molecular weight is 266 g/mol. The zero-order valence-corrected chi connectivity index (χ0v) is 9.65. The van der Waals surface area contributed by atoms with E-state index < -0.39 is 11.7 Å². The van der Waals surface area contributed by atoms with Crippen LogP contribution >= 0.6 is 0 Å². The van der Waals surface area contributed by atoms with E-state index in [1.54, 1.807) is 0 Å². The molecule has 0 bridgehead atoms. The molecule has 1 aromatic carbocycles. The summed E-state index contributed by atoms with van der Waals surface area (Å²) in [5.41, 5.74) is -0.255. The summed E-state index contributed by atoms with van der Waals surface area (Å²) in [7, 11) is 0. The SMILES string of the molecule is C=Cc1ncnc(Nc2ccc(C(F)(F)F)cc2)n1. The van der Waals surface area contributed by atoms with Crippen LogP contribution in [0.25, 0.3) is 6.08 Å². The second kappa shape index (κ2) is 5.05. The van der Waals surface area contributed by atoms with Crippen LogP contribution in [0.3, 0.4) is 0 Å². The van der Waals surface area contributed by atoms with E-state index in [9.17, 15) is 13.2 Å². The third-order valence-electron chi connectivity index (χ3n) is 2.24. The molecule has 2 rings (SSSR count). The van der Waals surface area contributed by atoms with Gasteiger partial charge in [0.05, 0.1) is 5.56 Å². The highest BCUT2D eigenvalue weighted by atomic mass is 19.4. The quantitative estimate of drug-likeness (QED) is 0.926. The lowest BCUT2D eigenvalue weighted by Crippen LogP contribution is -2.05. The highest BCUT2D eigenvalue weighted by Gasteiger charge is 2.29. The van der Waals surface area contributed by atoms with Crippen molar-refractivity contribution in [3.05, 3.63) is 48.6 Å². The number of aromatic nitrogens is 3. The maximum atomic E-state index is 12.4. The number of hydrogen-bond acceptors (Lipinski definition) is 4. The van der Waals surface area contributed by atoms with Crippen molar-refractivity contribution in [2.45, 2.75) is 6.18 Å². The Balaban J connectivity index is 2.17. The predicted molar refractivity (Wildman–Crippen MR) is 64.6 cm³/mol. The highest BCUT2D eigenvalue weighted by molar-refractivity contribution is 5.54. The first-order valence-electron chi connectivity index (χ1n) is 5.25. The first-order chi connectivity index (χ1) is 8.99. The van der Waals surface area contributed by atoms with Crippen molar-refractivity contribution in [3.63, 3.8) is 0 Å². The molecular weight excluding hydrogens is 257 g/mol. The standard InChI is InChI=1S/C12H9F3N4/c1-2-10-16-7-17-11(19-10)18-9-5-3-8(4-6-9)12(13,14)15/h2-7H,1H2,(H,16,17,18,19). The molecule has 4 nitrogen and oxygen atoms in total. The van der Waals surface area contributed by atoms with Gasteiger partial charge in [-0.25, -0.2) is 9.97 Å². The molecule has 0 radical (unpaired) electrons. The maximum Gasteiger partial charge on any atom is 0.416 e. The molecule has 0 saturated carbocycles. The molecule has 0 saturated heterocycles. The summed E-state index contributed by atoms with van der Waals surface area (Å²) >= 11 is 0. The summed E-state index contributed by atoms with van der Waals surface area (Å²) in [5, 5.41) is 2.78. The fourth-order valence-electron chi connectivity index (χ4n) is 1.34. The molecule has 2 aromatic rings. The molecule has 0 aliphatic carbocycles. The van der Waals surface area contributed by atoms with E-state index in [0.717, 1.165) is 12.1 Å². The van der Waals surface area contributed by atoms with Gasteiger partial charge in [0.2, 0.25) is 5.95 Å². The first-order valence-corrected chi connectivity index (χ1v) is 5.25. The lowest BCUT2D eigenvalue weighted by Gasteiger charge is -2.08. The van der Waals surface area contributed by atoms with Gasteiger partial charge in [0.1, 0.15) is 6.33 Å². The monoisotopic (exact) mass is 266 g/mol. The molecule has 1 heterocycles. The van der Waals surface area contributed by atoms with Gasteiger partial charge >= 0.3 is 6.18 Å². The number of hydrogen-bond donors (Lipinski definition) is 1. The van der Waals surface area contributed by atoms with Crippen LogP contribution in [0.15, 0.2) is 37.2 Å². The van der Waals surface area contributed by atoms with Crippen molar-refractivity contribution in [1.82, 2.24) is 15.0 Å². The Hall–Kier alpha value is -2.44. The Bertz CT molecular complexity index is 578. The van der Waals surface area contributed by atoms with Crippen LogP contribution in [0.4, 0.5) is 24.8 Å². The van der Waals surface area contributed by atoms with Crippen LogP contribution < -0.4 is 5.32 Å². The number of benzene rings is 1. The van der Waals surface area contributed by atoms with Crippen molar-refractivity contribution in [1.29, 1.82) is 0 Å². The van der Waals surface area contributed by atoms with Crippen molar-refractivity contribution < 1.29 is 13.2 Å². The number of nitrogens with one attached hydrogen (secondary N) is 1. The molecule has 0 amide bonds. The van der Waals surface area contributed by atoms with Crippen LogP contribution in [0.5, 0.6) is 0 Å². The molecule has 1 aromatic heterocycles. The van der Waals surface area contributed by atoms with E-state index in [4.69, 9.17) is 0 Å². The van der Waals surface area contributed by atoms with Crippen molar-refractivity contribution in [3.8, 4) is 0 Å². The number of halogens is 3. The molecule has 0 spiro atoms. The zero-order valence-electron chi connectivity index (χ0n) is 9.65. The largest absolute Gasteiger partial charge is 0.416 e. The Kier molecular flexibility index (Phi) is 3.46. The summed E-state index contributed by atoms with van der Waals surface area (Å²) in [4.78, 5) is 11.7. The van der Waals surface area contributed by atoms with Crippen LogP contribution in [-0.4, -0.2) is 15.0 Å². The van der Waals surface area contributed by atoms with Crippen LogP contribution in [0, 0.1) is 0 Å². The molecule has 0 unspecified atom stereocenters. The minimum absolute atomic E-state index is 0.240. The molecule has 98 valence electrons. The van der Waals surface area contributed by atoms with Gasteiger partial charge < -0.3 is 5.32 Å². The van der Waals surface area contributed by atoms with Gasteiger partial charge in [0.25, 0.3) is 0 Å². The second-order valence-corrected chi connectivity index (χ2v) is 3.57. The molecule has 19 heavy (non-hydrogen) atoms. The third-order valence-corrected chi connectivity index (χ3v) is 2.24. The topological polar surface area (TPSA) is 50.7 Å². The van der Waals surface area contributed by atoms with E-state index in [1.165, 1.54) is 24.5 Å². The number of rotatable bonds is 3. The van der Waals surface area contributed by atoms with Gasteiger partial charge in [-0.3, -0.25) is 0 Å². The average Bonchev–Trinajstić information content (AvgIpc) is 2.38. The Morgan fingerprint density at radius 2 is 1.79 bits per heavy atom. The Labute approximate surface area is 107 Å². The first kappa shape index (κ1) is 13.0.